The number of nitrogens with zero attached hydrogens (tertiary/aromatic N) is 3. The van der Waals surface area contributed by atoms with Crippen LogP contribution in [0.3, 0.4) is 0 Å². The second-order valence-electron chi connectivity index (χ2n) is 8.25. The Labute approximate surface area is 192 Å². The molecule has 1 aliphatic heterocycles. The maximum atomic E-state index is 14.4. The first-order valence-electron chi connectivity index (χ1n) is 10.6. The van der Waals surface area contributed by atoms with E-state index in [1.54, 1.807) is 31.2 Å². The van der Waals surface area contributed by atoms with Crippen LogP contribution in [-0.4, -0.2) is 20.5 Å². The smallest absolute Gasteiger partial charge is 0.337 e. The van der Waals surface area contributed by atoms with Crippen LogP contribution in [-0.2, 0) is 13.1 Å². The number of para-hydroxylation sites is 1. The topological polar surface area (TPSA) is 86.9 Å². The SMILES string of the molecule is C[C@@H](Nc1ccccc1C(=O)O)c1cc(F)cn2c(=O)cc(N3Cc4ccc(F)cc4C3)nc12. The van der Waals surface area contributed by atoms with Gasteiger partial charge in [0, 0.05) is 36.6 Å². The summed E-state index contributed by atoms with van der Waals surface area (Å²) in [5.41, 5.74) is 2.38. The number of rotatable bonds is 5. The number of aromatic carboxylic acids is 1. The zero-order chi connectivity index (χ0) is 24.0. The summed E-state index contributed by atoms with van der Waals surface area (Å²) in [4.78, 5) is 31.0. The van der Waals surface area contributed by atoms with Gasteiger partial charge in [-0.25, -0.2) is 18.6 Å². The molecule has 0 fully saturated rings. The molecule has 7 nitrogen and oxygen atoms in total. The van der Waals surface area contributed by atoms with Crippen LogP contribution in [0.4, 0.5) is 20.3 Å². The van der Waals surface area contributed by atoms with Gasteiger partial charge in [-0.3, -0.25) is 9.20 Å². The van der Waals surface area contributed by atoms with E-state index in [2.05, 4.69) is 10.3 Å². The molecule has 0 saturated carbocycles. The normalized spacial score (nSPS) is 13.7. The number of carboxylic acid groups (broad SMARTS) is 1. The zero-order valence-electron chi connectivity index (χ0n) is 18.1. The molecule has 2 aromatic heterocycles. The Morgan fingerprint density at radius 1 is 1.06 bits per heavy atom. The Bertz CT molecular complexity index is 1500. The molecule has 5 rings (SSSR count). The molecule has 9 heteroatoms. The van der Waals surface area contributed by atoms with Crippen LogP contribution in [0.25, 0.3) is 5.65 Å². The van der Waals surface area contributed by atoms with E-state index in [-0.39, 0.29) is 17.0 Å². The lowest BCUT2D eigenvalue weighted by atomic mass is 10.1. The lowest BCUT2D eigenvalue weighted by Crippen LogP contribution is -2.23. The molecule has 0 spiro atoms. The van der Waals surface area contributed by atoms with Gasteiger partial charge in [-0.05, 0) is 48.4 Å². The van der Waals surface area contributed by atoms with Crippen molar-refractivity contribution in [1.29, 1.82) is 0 Å². The number of pyridine rings is 1. The summed E-state index contributed by atoms with van der Waals surface area (Å²) in [5, 5.41) is 12.6. The summed E-state index contributed by atoms with van der Waals surface area (Å²) in [7, 11) is 0. The van der Waals surface area contributed by atoms with E-state index in [0.29, 0.717) is 30.2 Å². The van der Waals surface area contributed by atoms with E-state index in [4.69, 9.17) is 0 Å². The average Bonchev–Trinajstić information content (AvgIpc) is 3.22. The number of hydrogen-bond acceptors (Lipinski definition) is 5. The highest BCUT2D eigenvalue weighted by molar-refractivity contribution is 5.94. The number of carbonyl (C=O) groups is 1. The minimum Gasteiger partial charge on any atom is -0.478 e. The summed E-state index contributed by atoms with van der Waals surface area (Å²) in [6.07, 6.45) is 1.07. The van der Waals surface area contributed by atoms with Gasteiger partial charge in [-0.1, -0.05) is 18.2 Å². The molecule has 172 valence electrons. The lowest BCUT2D eigenvalue weighted by Gasteiger charge is -2.21. The van der Waals surface area contributed by atoms with Crippen molar-refractivity contribution in [1.82, 2.24) is 9.38 Å². The summed E-state index contributed by atoms with van der Waals surface area (Å²) >= 11 is 0. The van der Waals surface area contributed by atoms with Gasteiger partial charge in [0.05, 0.1) is 11.6 Å². The molecule has 0 unspecified atom stereocenters. The van der Waals surface area contributed by atoms with Crippen LogP contribution >= 0.6 is 0 Å². The van der Waals surface area contributed by atoms with E-state index in [1.807, 2.05) is 4.90 Å². The summed E-state index contributed by atoms with van der Waals surface area (Å²) < 4.78 is 29.2. The largest absolute Gasteiger partial charge is 0.478 e. The third-order valence-corrected chi connectivity index (χ3v) is 5.95. The molecule has 1 aliphatic rings. The molecular weight excluding hydrogens is 442 g/mol. The van der Waals surface area contributed by atoms with Gasteiger partial charge in [0.15, 0.2) is 0 Å². The van der Waals surface area contributed by atoms with Crippen molar-refractivity contribution in [2.24, 2.45) is 0 Å². The maximum absolute atomic E-state index is 14.4. The van der Waals surface area contributed by atoms with E-state index in [1.165, 1.54) is 30.3 Å². The second-order valence-corrected chi connectivity index (χ2v) is 8.25. The Kier molecular flexibility index (Phi) is 5.24. The van der Waals surface area contributed by atoms with Gasteiger partial charge >= 0.3 is 5.97 Å². The van der Waals surface area contributed by atoms with Gasteiger partial charge in [-0.2, -0.15) is 0 Å². The summed E-state index contributed by atoms with van der Waals surface area (Å²) in [5.74, 6) is -1.65. The number of halogens is 2. The van der Waals surface area contributed by atoms with Crippen LogP contribution in [0.1, 0.15) is 40.0 Å². The van der Waals surface area contributed by atoms with Gasteiger partial charge in [0.25, 0.3) is 5.56 Å². The standard InChI is InChI=1S/C25H20F2N4O3/c1-14(28-21-5-3-2-4-19(21)25(33)34)20-9-18(27)13-31-23(32)10-22(29-24(20)31)30-11-15-6-7-17(26)8-16(15)12-30/h2-10,13-14,28H,11-12H2,1H3,(H,33,34)/t14-/m1/s1. The average molecular weight is 462 g/mol. The minimum atomic E-state index is -1.10. The number of anilines is 2. The second kappa shape index (κ2) is 8.26. The fourth-order valence-electron chi connectivity index (χ4n) is 4.29. The van der Waals surface area contributed by atoms with Crippen LogP contribution in [0.15, 0.2) is 65.6 Å². The highest BCUT2D eigenvalue weighted by Crippen LogP contribution is 2.29. The fraction of sp³-hybridized carbons (Fsp3) is 0.160. The number of nitrogens with one attached hydrogen (secondary N) is 1. The first kappa shape index (κ1) is 21.6. The number of fused-ring (bicyclic) bond motifs is 2. The minimum absolute atomic E-state index is 0.0722. The molecule has 0 amide bonds. The molecule has 0 saturated heterocycles. The van der Waals surface area contributed by atoms with Crippen LogP contribution in [0, 0.1) is 11.6 Å². The molecule has 0 bridgehead atoms. The van der Waals surface area contributed by atoms with Gasteiger partial charge in [-0.15, -0.1) is 0 Å². The first-order chi connectivity index (χ1) is 16.3. The van der Waals surface area contributed by atoms with E-state index in [0.717, 1.165) is 21.7 Å². The van der Waals surface area contributed by atoms with E-state index >= 15 is 0 Å². The molecular formula is C25H20F2N4O3. The molecule has 1 atom stereocenters. The summed E-state index contributed by atoms with van der Waals surface area (Å²) in [6, 6.07) is 13.0. The molecule has 2 N–H and O–H groups in total. The van der Waals surface area contributed by atoms with E-state index < -0.39 is 23.4 Å². The Morgan fingerprint density at radius 2 is 1.82 bits per heavy atom. The lowest BCUT2D eigenvalue weighted by molar-refractivity contribution is 0.0698. The van der Waals surface area contributed by atoms with Crippen molar-refractivity contribution in [3.8, 4) is 0 Å². The molecule has 4 aromatic rings. The number of benzene rings is 2. The van der Waals surface area contributed by atoms with Gasteiger partial charge in [0.1, 0.15) is 23.1 Å². The maximum Gasteiger partial charge on any atom is 0.337 e. The fourth-order valence-corrected chi connectivity index (χ4v) is 4.29. The molecule has 0 radical (unpaired) electrons. The Balaban J connectivity index is 1.56. The number of hydrogen-bond donors (Lipinski definition) is 2. The van der Waals surface area contributed by atoms with Crippen molar-refractivity contribution in [3.63, 3.8) is 0 Å². The summed E-state index contributed by atoms with van der Waals surface area (Å²) in [6.45, 7) is 2.60. The quantitative estimate of drug-likeness (QED) is 0.458. The van der Waals surface area contributed by atoms with Crippen LogP contribution in [0.2, 0.25) is 0 Å². The monoisotopic (exact) mass is 462 g/mol. The molecule has 3 heterocycles. The highest BCUT2D eigenvalue weighted by Gasteiger charge is 2.23. The highest BCUT2D eigenvalue weighted by atomic mass is 19.1. The molecule has 0 aliphatic carbocycles. The first-order valence-corrected chi connectivity index (χ1v) is 10.6. The predicted molar refractivity (Wildman–Crippen MR) is 123 cm³/mol. The zero-order valence-corrected chi connectivity index (χ0v) is 18.1. The Morgan fingerprint density at radius 3 is 2.62 bits per heavy atom. The van der Waals surface area contributed by atoms with Gasteiger partial charge < -0.3 is 15.3 Å². The van der Waals surface area contributed by atoms with Crippen molar-refractivity contribution < 1.29 is 18.7 Å². The Hall–Kier alpha value is -4.27. The third kappa shape index (κ3) is 3.85. The van der Waals surface area contributed by atoms with Crippen molar-refractivity contribution in [3.05, 3.63) is 105 Å². The van der Waals surface area contributed by atoms with Gasteiger partial charge in [0.2, 0.25) is 0 Å². The van der Waals surface area contributed by atoms with Crippen molar-refractivity contribution in [2.45, 2.75) is 26.1 Å². The van der Waals surface area contributed by atoms with Crippen molar-refractivity contribution >= 4 is 23.1 Å². The molecule has 34 heavy (non-hydrogen) atoms. The van der Waals surface area contributed by atoms with Crippen molar-refractivity contribution in [2.75, 3.05) is 10.2 Å². The third-order valence-electron chi connectivity index (χ3n) is 5.95. The number of carboxylic acids is 1. The predicted octanol–water partition coefficient (Wildman–Crippen LogP) is 4.36. The van der Waals surface area contributed by atoms with Crippen LogP contribution < -0.4 is 15.8 Å². The van der Waals surface area contributed by atoms with Crippen LogP contribution in [0.5, 0.6) is 0 Å². The van der Waals surface area contributed by atoms with E-state index in [9.17, 15) is 23.5 Å². The number of aromatic nitrogens is 2. The molecule has 2 aromatic carbocycles.